The summed E-state index contributed by atoms with van der Waals surface area (Å²) in [5.74, 6) is 0.479. The van der Waals surface area contributed by atoms with Gasteiger partial charge in [-0.25, -0.2) is 0 Å². The maximum atomic E-state index is 12.4. The largest absolute Gasteiger partial charge is 0.494 e. The fourth-order valence-electron chi connectivity index (χ4n) is 3.00. The number of hydrogen-bond acceptors (Lipinski definition) is 4. The zero-order chi connectivity index (χ0) is 21.5. The maximum absolute atomic E-state index is 12.4. The predicted molar refractivity (Wildman–Crippen MR) is 123 cm³/mol. The van der Waals surface area contributed by atoms with E-state index < -0.39 is 0 Å². The Morgan fingerprint density at radius 1 is 1.10 bits per heavy atom. The number of aryl methyl sites for hydroxylation is 2. The zero-order valence-electron chi connectivity index (χ0n) is 17.4. The van der Waals surface area contributed by atoms with Crippen LogP contribution in [-0.4, -0.2) is 27.8 Å². The predicted octanol–water partition coefficient (Wildman–Crippen LogP) is 4.53. The second-order valence-electron chi connectivity index (χ2n) is 7.07. The van der Waals surface area contributed by atoms with Crippen LogP contribution in [0.3, 0.4) is 0 Å². The van der Waals surface area contributed by atoms with E-state index in [0.717, 1.165) is 35.7 Å². The van der Waals surface area contributed by atoms with Gasteiger partial charge >= 0.3 is 0 Å². The van der Waals surface area contributed by atoms with E-state index in [4.69, 9.17) is 17.0 Å². The third-order valence-corrected chi connectivity index (χ3v) is 4.89. The standard InChI is InChI=1S/C23H26N4O2S/c1-4-13-29-20-11-7-18(8-12-20)22(28)25-23(30)24-19-9-5-17(6-10-19)14-21-15(2)26-27-16(21)3/h5-12H,4,13-14H2,1-3H3,(H,26,27)(H2,24,25,28,30). The Kier molecular flexibility index (Phi) is 7.19. The van der Waals surface area contributed by atoms with Crippen molar-refractivity contribution in [3.63, 3.8) is 0 Å². The minimum Gasteiger partial charge on any atom is -0.494 e. The van der Waals surface area contributed by atoms with E-state index >= 15 is 0 Å². The van der Waals surface area contributed by atoms with E-state index in [1.807, 2.05) is 45.0 Å². The van der Waals surface area contributed by atoms with Crippen molar-refractivity contribution in [3.8, 4) is 5.75 Å². The van der Waals surface area contributed by atoms with Crippen molar-refractivity contribution in [2.24, 2.45) is 0 Å². The van der Waals surface area contributed by atoms with Crippen molar-refractivity contribution in [2.45, 2.75) is 33.6 Å². The molecule has 0 aliphatic carbocycles. The average Bonchev–Trinajstić information content (AvgIpc) is 3.06. The summed E-state index contributed by atoms with van der Waals surface area (Å²) in [6.45, 7) is 6.73. The Labute approximate surface area is 182 Å². The van der Waals surface area contributed by atoms with Gasteiger partial charge in [0.25, 0.3) is 5.91 Å². The zero-order valence-corrected chi connectivity index (χ0v) is 18.2. The second kappa shape index (κ2) is 10.0. The molecule has 1 heterocycles. The Hall–Kier alpha value is -3.19. The first-order valence-corrected chi connectivity index (χ1v) is 10.3. The van der Waals surface area contributed by atoms with Crippen molar-refractivity contribution in [3.05, 3.63) is 76.6 Å². The summed E-state index contributed by atoms with van der Waals surface area (Å²) >= 11 is 5.28. The van der Waals surface area contributed by atoms with Gasteiger partial charge in [-0.15, -0.1) is 0 Å². The first kappa shape index (κ1) is 21.5. The molecule has 0 aliphatic rings. The molecule has 0 saturated carbocycles. The van der Waals surface area contributed by atoms with Gasteiger partial charge in [0.1, 0.15) is 5.75 Å². The van der Waals surface area contributed by atoms with Crippen molar-refractivity contribution >= 4 is 28.9 Å². The lowest BCUT2D eigenvalue weighted by Gasteiger charge is -2.11. The van der Waals surface area contributed by atoms with Crippen molar-refractivity contribution in [1.29, 1.82) is 0 Å². The number of nitrogens with zero attached hydrogens (tertiary/aromatic N) is 1. The highest BCUT2D eigenvalue weighted by atomic mass is 32.1. The van der Waals surface area contributed by atoms with Gasteiger partial charge in [0.15, 0.2) is 5.11 Å². The summed E-state index contributed by atoms with van der Waals surface area (Å²) in [5.41, 5.74) is 5.82. The summed E-state index contributed by atoms with van der Waals surface area (Å²) in [7, 11) is 0. The Morgan fingerprint density at radius 3 is 2.40 bits per heavy atom. The van der Waals surface area contributed by atoms with Gasteiger partial charge in [-0.1, -0.05) is 19.1 Å². The molecule has 7 heteroatoms. The summed E-state index contributed by atoms with van der Waals surface area (Å²) in [4.78, 5) is 12.4. The van der Waals surface area contributed by atoms with Crippen LogP contribution in [0.4, 0.5) is 5.69 Å². The average molecular weight is 423 g/mol. The number of nitrogens with one attached hydrogen (secondary N) is 3. The summed E-state index contributed by atoms with van der Waals surface area (Å²) in [6, 6.07) is 15.0. The van der Waals surface area contributed by atoms with Crippen LogP contribution in [0, 0.1) is 13.8 Å². The molecule has 0 spiro atoms. The lowest BCUT2D eigenvalue weighted by Crippen LogP contribution is -2.34. The molecule has 156 valence electrons. The number of aromatic amines is 1. The molecule has 0 aliphatic heterocycles. The molecule has 0 atom stereocenters. The Morgan fingerprint density at radius 2 is 1.80 bits per heavy atom. The van der Waals surface area contributed by atoms with Crippen LogP contribution >= 0.6 is 12.2 Å². The molecule has 0 unspecified atom stereocenters. The molecule has 3 aromatic rings. The quantitative estimate of drug-likeness (QED) is 0.488. The van der Waals surface area contributed by atoms with Crippen molar-refractivity contribution < 1.29 is 9.53 Å². The molecule has 2 aromatic carbocycles. The monoisotopic (exact) mass is 422 g/mol. The highest BCUT2D eigenvalue weighted by Gasteiger charge is 2.10. The molecule has 0 bridgehead atoms. The Bertz CT molecular complexity index is 991. The molecule has 3 rings (SSSR count). The van der Waals surface area contributed by atoms with Crippen LogP contribution in [0.2, 0.25) is 0 Å². The smallest absolute Gasteiger partial charge is 0.257 e. The number of carbonyl (C=O) groups excluding carboxylic acids is 1. The van der Waals surface area contributed by atoms with Gasteiger partial charge < -0.3 is 10.1 Å². The lowest BCUT2D eigenvalue weighted by molar-refractivity contribution is 0.0977. The van der Waals surface area contributed by atoms with E-state index in [9.17, 15) is 4.79 Å². The number of aromatic nitrogens is 2. The van der Waals surface area contributed by atoms with Crippen LogP contribution in [0.15, 0.2) is 48.5 Å². The molecular formula is C23H26N4O2S. The molecule has 1 amide bonds. The number of benzene rings is 2. The van der Waals surface area contributed by atoms with Crippen LogP contribution < -0.4 is 15.4 Å². The molecule has 0 radical (unpaired) electrons. The molecule has 3 N–H and O–H groups in total. The number of amides is 1. The first-order chi connectivity index (χ1) is 14.5. The van der Waals surface area contributed by atoms with Gasteiger partial charge in [-0.05, 0) is 74.4 Å². The fraction of sp³-hybridized carbons (Fsp3) is 0.261. The lowest BCUT2D eigenvalue weighted by atomic mass is 10.0. The van der Waals surface area contributed by atoms with Gasteiger partial charge in [-0.3, -0.25) is 15.2 Å². The van der Waals surface area contributed by atoms with Gasteiger partial charge in [-0.2, -0.15) is 5.10 Å². The minimum absolute atomic E-state index is 0.251. The summed E-state index contributed by atoms with van der Waals surface area (Å²) in [5, 5.41) is 13.2. The summed E-state index contributed by atoms with van der Waals surface area (Å²) in [6.07, 6.45) is 1.75. The topological polar surface area (TPSA) is 79.0 Å². The number of anilines is 1. The molecule has 30 heavy (non-hydrogen) atoms. The van der Waals surface area contributed by atoms with Crippen molar-refractivity contribution in [2.75, 3.05) is 11.9 Å². The third kappa shape index (κ3) is 5.67. The Balaban J connectivity index is 1.53. The number of thiocarbonyl (C=S) groups is 1. The van der Waals surface area contributed by atoms with E-state index in [1.54, 1.807) is 24.3 Å². The maximum Gasteiger partial charge on any atom is 0.257 e. The first-order valence-electron chi connectivity index (χ1n) is 9.91. The fourth-order valence-corrected chi connectivity index (χ4v) is 3.22. The van der Waals surface area contributed by atoms with E-state index in [1.165, 1.54) is 11.1 Å². The highest BCUT2D eigenvalue weighted by Crippen LogP contribution is 2.17. The number of H-pyrrole nitrogens is 1. The molecule has 0 fully saturated rings. The minimum atomic E-state index is -0.267. The van der Waals surface area contributed by atoms with E-state index in [-0.39, 0.29) is 11.0 Å². The van der Waals surface area contributed by atoms with E-state index in [2.05, 4.69) is 20.8 Å². The number of ether oxygens (including phenoxy) is 1. The summed E-state index contributed by atoms with van der Waals surface area (Å²) < 4.78 is 5.53. The molecule has 0 saturated heterocycles. The van der Waals surface area contributed by atoms with Crippen LogP contribution in [0.25, 0.3) is 0 Å². The molecular weight excluding hydrogens is 396 g/mol. The molecule has 6 nitrogen and oxygen atoms in total. The SMILES string of the molecule is CCCOc1ccc(C(=O)NC(=S)Nc2ccc(Cc3c(C)n[nH]c3C)cc2)cc1. The second-order valence-corrected chi connectivity index (χ2v) is 7.48. The normalized spacial score (nSPS) is 10.5. The van der Waals surface area contributed by atoms with Crippen LogP contribution in [0.5, 0.6) is 5.75 Å². The van der Waals surface area contributed by atoms with Crippen LogP contribution in [0.1, 0.15) is 46.2 Å². The van der Waals surface area contributed by atoms with Gasteiger partial charge in [0.05, 0.1) is 12.3 Å². The third-order valence-electron chi connectivity index (χ3n) is 4.69. The number of carbonyl (C=O) groups is 1. The van der Waals surface area contributed by atoms with E-state index in [0.29, 0.717) is 12.2 Å². The highest BCUT2D eigenvalue weighted by molar-refractivity contribution is 7.80. The van der Waals surface area contributed by atoms with Crippen LogP contribution in [-0.2, 0) is 6.42 Å². The van der Waals surface area contributed by atoms with Gasteiger partial charge in [0.2, 0.25) is 0 Å². The number of hydrogen-bond donors (Lipinski definition) is 3. The molecule has 1 aromatic heterocycles. The van der Waals surface area contributed by atoms with Crippen molar-refractivity contribution in [1.82, 2.24) is 15.5 Å². The number of rotatable bonds is 7. The van der Waals surface area contributed by atoms with Gasteiger partial charge in [0, 0.05) is 28.9 Å².